The number of imidazole rings is 1. The molecule has 0 spiro atoms. The van der Waals surface area contributed by atoms with E-state index in [1.165, 1.54) is 17.5 Å². The van der Waals surface area contributed by atoms with Crippen LogP contribution in [0.5, 0.6) is 0 Å². The molecule has 160 valence electrons. The molecule has 0 saturated carbocycles. The van der Waals surface area contributed by atoms with Gasteiger partial charge < -0.3 is 10.3 Å². The van der Waals surface area contributed by atoms with Crippen LogP contribution in [-0.2, 0) is 13.0 Å². The maximum Gasteiger partial charge on any atom is 0.183 e. The Balaban J connectivity index is 1.41. The van der Waals surface area contributed by atoms with E-state index in [1.807, 2.05) is 26.0 Å². The zero-order chi connectivity index (χ0) is 22.2. The lowest BCUT2D eigenvalue weighted by Crippen LogP contribution is -2.07. The second kappa shape index (κ2) is 8.16. The average molecular weight is 444 g/mol. The van der Waals surface area contributed by atoms with E-state index in [0.717, 1.165) is 45.0 Å². The third kappa shape index (κ3) is 3.99. The summed E-state index contributed by atoms with van der Waals surface area (Å²) in [5, 5.41) is 5.06. The molecule has 4 heterocycles. The van der Waals surface area contributed by atoms with Gasteiger partial charge in [0.1, 0.15) is 17.7 Å². The number of aromatic amines is 1. The Bertz CT molecular complexity index is 1440. The van der Waals surface area contributed by atoms with Gasteiger partial charge in [-0.05, 0) is 61.7 Å². The normalized spacial score (nSPS) is 11.4. The van der Waals surface area contributed by atoms with Crippen molar-refractivity contribution in [1.82, 2.24) is 29.9 Å². The van der Waals surface area contributed by atoms with Gasteiger partial charge in [0.05, 0.1) is 10.5 Å². The molecule has 0 radical (unpaired) electrons. The van der Waals surface area contributed by atoms with Gasteiger partial charge in [0.25, 0.3) is 0 Å². The number of aryl methyl sites for hydroxylation is 3. The van der Waals surface area contributed by atoms with E-state index in [1.54, 1.807) is 6.20 Å². The smallest absolute Gasteiger partial charge is 0.183 e. The number of nitrogens with one attached hydrogen (secondary N) is 2. The van der Waals surface area contributed by atoms with Crippen LogP contribution >= 0.6 is 11.6 Å². The van der Waals surface area contributed by atoms with Crippen LogP contribution in [-0.4, -0.2) is 29.9 Å². The first-order chi connectivity index (χ1) is 15.5. The van der Waals surface area contributed by atoms with Crippen molar-refractivity contribution in [3.8, 4) is 0 Å². The highest BCUT2D eigenvalue weighted by Gasteiger charge is 2.12. The van der Waals surface area contributed by atoms with Crippen molar-refractivity contribution >= 4 is 39.5 Å². The first kappa shape index (κ1) is 20.3. The van der Waals surface area contributed by atoms with E-state index >= 15 is 0 Å². The molecule has 1 aromatic carbocycles. The molecule has 0 aliphatic heterocycles. The summed E-state index contributed by atoms with van der Waals surface area (Å²) in [5.41, 5.74) is 7.89. The molecule has 8 heteroatoms. The maximum atomic E-state index is 6.10. The van der Waals surface area contributed by atoms with E-state index in [0.29, 0.717) is 23.6 Å². The zero-order valence-electron chi connectivity index (χ0n) is 18.1. The van der Waals surface area contributed by atoms with Gasteiger partial charge >= 0.3 is 0 Å². The molecule has 0 unspecified atom stereocenters. The first-order valence-corrected chi connectivity index (χ1v) is 10.8. The third-order valence-corrected chi connectivity index (χ3v) is 5.74. The lowest BCUT2D eigenvalue weighted by atomic mass is 10.1. The minimum atomic E-state index is 0.624. The number of hydrogen-bond donors (Lipinski definition) is 2. The van der Waals surface area contributed by atoms with Crippen molar-refractivity contribution in [2.24, 2.45) is 0 Å². The molecule has 0 amide bonds. The molecule has 5 aromatic rings. The summed E-state index contributed by atoms with van der Waals surface area (Å²) < 4.78 is 0. The molecule has 0 saturated heterocycles. The van der Waals surface area contributed by atoms with Gasteiger partial charge in [-0.15, -0.1) is 0 Å². The fourth-order valence-electron chi connectivity index (χ4n) is 4.04. The standard InChI is InChI=1S/C24H22ClN7/c1-13-6-14(2)30-15(3)19(13)11-27-23-22-24(29-12-28-23)32-21(31-22)8-16-4-5-20-17(7-16)9-18(25)10-26-20/h4-7,9-10,12H,8,11H2,1-3H3,(H2,27,28,29,31,32). The van der Waals surface area contributed by atoms with Gasteiger partial charge in [-0.3, -0.25) is 9.97 Å². The Morgan fingerprint density at radius 2 is 1.88 bits per heavy atom. The number of benzene rings is 1. The van der Waals surface area contributed by atoms with Crippen molar-refractivity contribution in [2.75, 3.05) is 5.32 Å². The first-order valence-electron chi connectivity index (χ1n) is 10.4. The van der Waals surface area contributed by atoms with Crippen molar-refractivity contribution in [2.45, 2.75) is 33.7 Å². The molecule has 0 bridgehead atoms. The highest BCUT2D eigenvalue weighted by atomic mass is 35.5. The van der Waals surface area contributed by atoms with Gasteiger partial charge in [0.15, 0.2) is 11.5 Å². The van der Waals surface area contributed by atoms with Crippen molar-refractivity contribution in [1.29, 1.82) is 0 Å². The SMILES string of the molecule is Cc1cc(C)c(CNc2ncnc3nc(Cc4ccc5ncc(Cl)cc5c4)[nH]c23)c(C)n1. The van der Waals surface area contributed by atoms with Crippen LogP contribution in [0.3, 0.4) is 0 Å². The summed E-state index contributed by atoms with van der Waals surface area (Å²) in [6, 6.07) is 10.2. The van der Waals surface area contributed by atoms with Crippen LogP contribution < -0.4 is 5.32 Å². The molecule has 0 fully saturated rings. The number of pyridine rings is 2. The predicted molar refractivity (Wildman–Crippen MR) is 127 cm³/mol. The van der Waals surface area contributed by atoms with E-state index in [-0.39, 0.29) is 0 Å². The average Bonchev–Trinajstić information content (AvgIpc) is 3.16. The number of rotatable bonds is 5. The quantitative estimate of drug-likeness (QED) is 0.393. The number of H-pyrrole nitrogens is 1. The van der Waals surface area contributed by atoms with Crippen LogP contribution in [0.2, 0.25) is 5.02 Å². The Hall–Kier alpha value is -3.58. The topological polar surface area (TPSA) is 92.3 Å². The monoisotopic (exact) mass is 443 g/mol. The largest absolute Gasteiger partial charge is 0.364 e. The number of nitrogens with zero attached hydrogens (tertiary/aromatic N) is 5. The fourth-order valence-corrected chi connectivity index (χ4v) is 4.21. The Labute approximate surface area is 190 Å². The lowest BCUT2D eigenvalue weighted by molar-refractivity contribution is 0.994. The van der Waals surface area contributed by atoms with E-state index in [2.05, 4.69) is 60.3 Å². The van der Waals surface area contributed by atoms with Crippen LogP contribution in [0, 0.1) is 20.8 Å². The molecule has 32 heavy (non-hydrogen) atoms. The van der Waals surface area contributed by atoms with Gasteiger partial charge in [-0.2, -0.15) is 0 Å². The van der Waals surface area contributed by atoms with Crippen molar-refractivity contribution < 1.29 is 0 Å². The third-order valence-electron chi connectivity index (χ3n) is 5.54. The number of fused-ring (bicyclic) bond motifs is 2. The summed E-state index contributed by atoms with van der Waals surface area (Å²) in [6.45, 7) is 6.78. The predicted octanol–water partition coefficient (Wildman–Crippen LogP) is 5.08. The Morgan fingerprint density at radius 3 is 2.72 bits per heavy atom. The van der Waals surface area contributed by atoms with Gasteiger partial charge in [0.2, 0.25) is 0 Å². The number of anilines is 1. The lowest BCUT2D eigenvalue weighted by Gasteiger charge is -2.12. The zero-order valence-corrected chi connectivity index (χ0v) is 18.8. The van der Waals surface area contributed by atoms with Gasteiger partial charge in [-0.1, -0.05) is 17.7 Å². The molecule has 0 atom stereocenters. The summed E-state index contributed by atoms with van der Waals surface area (Å²) >= 11 is 6.10. The summed E-state index contributed by atoms with van der Waals surface area (Å²) in [5.74, 6) is 1.55. The van der Waals surface area contributed by atoms with Crippen LogP contribution in [0.25, 0.3) is 22.1 Å². The minimum absolute atomic E-state index is 0.624. The fraction of sp³-hybridized carbons (Fsp3) is 0.208. The highest BCUT2D eigenvalue weighted by Crippen LogP contribution is 2.23. The van der Waals surface area contributed by atoms with Crippen LogP contribution in [0.4, 0.5) is 5.82 Å². The van der Waals surface area contributed by atoms with Crippen molar-refractivity contribution in [3.63, 3.8) is 0 Å². The summed E-state index contributed by atoms with van der Waals surface area (Å²) in [7, 11) is 0. The van der Waals surface area contributed by atoms with Gasteiger partial charge in [0, 0.05) is 35.9 Å². The molecule has 4 aromatic heterocycles. The minimum Gasteiger partial charge on any atom is -0.364 e. The van der Waals surface area contributed by atoms with E-state index < -0.39 is 0 Å². The molecule has 0 aliphatic rings. The second-order valence-electron chi connectivity index (χ2n) is 7.96. The molecule has 0 aliphatic carbocycles. The molecule has 7 nitrogen and oxygen atoms in total. The van der Waals surface area contributed by atoms with E-state index in [9.17, 15) is 0 Å². The van der Waals surface area contributed by atoms with Gasteiger partial charge in [-0.25, -0.2) is 15.0 Å². The maximum absolute atomic E-state index is 6.10. The van der Waals surface area contributed by atoms with Crippen LogP contribution in [0.15, 0.2) is 42.9 Å². The second-order valence-corrected chi connectivity index (χ2v) is 8.40. The number of halogens is 1. The number of hydrogen-bond acceptors (Lipinski definition) is 6. The summed E-state index contributed by atoms with van der Waals surface area (Å²) in [4.78, 5) is 25.8. The molecular weight excluding hydrogens is 422 g/mol. The summed E-state index contributed by atoms with van der Waals surface area (Å²) in [6.07, 6.45) is 3.83. The molecule has 5 rings (SSSR count). The highest BCUT2D eigenvalue weighted by molar-refractivity contribution is 6.31. The van der Waals surface area contributed by atoms with E-state index in [4.69, 9.17) is 11.6 Å². The molecule has 2 N–H and O–H groups in total. The van der Waals surface area contributed by atoms with Crippen LogP contribution in [0.1, 0.15) is 33.9 Å². The Kier molecular flexibility index (Phi) is 5.19. The Morgan fingerprint density at radius 1 is 1.00 bits per heavy atom. The van der Waals surface area contributed by atoms with Crippen molar-refractivity contribution in [3.05, 3.63) is 81.8 Å². The number of aromatic nitrogens is 6. The molecular formula is C24H22ClN7.